The predicted molar refractivity (Wildman–Crippen MR) is 125 cm³/mol. The number of nitrogens with two attached hydrogens (primary N) is 2. The smallest absolute Gasteiger partial charge is 0.426 e. The van der Waals surface area contributed by atoms with Crippen LogP contribution >= 0.6 is 0 Å². The summed E-state index contributed by atoms with van der Waals surface area (Å²) in [6.45, 7) is 4.17. The summed E-state index contributed by atoms with van der Waals surface area (Å²) in [5.74, 6) is -1.75. The molecule has 0 heterocycles. The molecule has 10 heteroatoms. The molecule has 0 radical (unpaired) electrons. The summed E-state index contributed by atoms with van der Waals surface area (Å²) >= 11 is 0. The molecule has 1 aromatic carbocycles. The van der Waals surface area contributed by atoms with E-state index in [9.17, 15) is 19.6 Å². The number of guanidine groups is 1. The first kappa shape index (κ1) is 25.7. The molecule has 9 nitrogen and oxygen atoms in total. The molecule has 0 aromatic heterocycles. The fourth-order valence-electron chi connectivity index (χ4n) is 4.23. The van der Waals surface area contributed by atoms with Gasteiger partial charge in [0.1, 0.15) is 5.41 Å². The Kier molecular flexibility index (Phi) is 9.09. The number of carbonyl (C=O) groups is 2. The highest BCUT2D eigenvalue weighted by Crippen LogP contribution is 2.39. The van der Waals surface area contributed by atoms with Gasteiger partial charge in [-0.05, 0) is 51.5 Å². The fraction of sp³-hybridized carbons (Fsp3) is 0.591. The van der Waals surface area contributed by atoms with Gasteiger partial charge in [-0.3, -0.25) is 14.6 Å². The van der Waals surface area contributed by atoms with Gasteiger partial charge in [0, 0.05) is 12.1 Å². The standard InChI is InChI=1S/C22H36BN5O4/c1-21(2,15-16-9-4-3-5-10-16)28-19(30)22(12-6-7-13-22)18(29)27-17(23(31)32)11-8-14-26-20(24)25/h3-5,9-10,17,31-32H,6-8,11-15H2,1-2H3,(H,27,29)(H,28,30)(H4,24,25,26). The maximum absolute atomic E-state index is 13.4. The maximum Gasteiger partial charge on any atom is 0.475 e. The van der Waals surface area contributed by atoms with E-state index in [-0.39, 0.29) is 18.3 Å². The van der Waals surface area contributed by atoms with Crippen molar-refractivity contribution in [1.29, 1.82) is 0 Å². The Hall–Kier alpha value is -2.59. The third-order valence-electron chi connectivity index (χ3n) is 5.91. The summed E-state index contributed by atoms with van der Waals surface area (Å²) in [6.07, 6.45) is 3.71. The van der Waals surface area contributed by atoms with Crippen molar-refractivity contribution >= 4 is 24.9 Å². The first-order chi connectivity index (χ1) is 15.1. The lowest BCUT2D eigenvalue weighted by Gasteiger charge is -2.34. The SMILES string of the molecule is CC(C)(Cc1ccccc1)NC(=O)C1(C(=O)NC(CCCN=C(N)N)B(O)O)CCCC1. The summed E-state index contributed by atoms with van der Waals surface area (Å²) in [7, 11) is -1.76. The van der Waals surface area contributed by atoms with E-state index < -0.39 is 29.9 Å². The Morgan fingerprint density at radius 2 is 1.78 bits per heavy atom. The Morgan fingerprint density at radius 1 is 1.16 bits per heavy atom. The molecule has 2 amide bonds. The highest BCUT2D eigenvalue weighted by molar-refractivity contribution is 6.43. The van der Waals surface area contributed by atoms with E-state index in [1.165, 1.54) is 0 Å². The molecule has 1 saturated carbocycles. The summed E-state index contributed by atoms with van der Waals surface area (Å²) < 4.78 is 0. The molecule has 32 heavy (non-hydrogen) atoms. The Labute approximate surface area is 190 Å². The molecule has 1 unspecified atom stereocenters. The van der Waals surface area contributed by atoms with Crippen LogP contribution in [0.25, 0.3) is 0 Å². The first-order valence-corrected chi connectivity index (χ1v) is 11.1. The van der Waals surface area contributed by atoms with Crippen molar-refractivity contribution in [3.8, 4) is 0 Å². The van der Waals surface area contributed by atoms with Crippen LogP contribution in [0.4, 0.5) is 0 Å². The van der Waals surface area contributed by atoms with Crippen LogP contribution in [-0.4, -0.2) is 53.0 Å². The Balaban J connectivity index is 2.07. The van der Waals surface area contributed by atoms with Gasteiger partial charge in [-0.15, -0.1) is 0 Å². The van der Waals surface area contributed by atoms with Gasteiger partial charge in [0.2, 0.25) is 11.8 Å². The van der Waals surface area contributed by atoms with Crippen LogP contribution in [0, 0.1) is 5.41 Å². The second kappa shape index (κ2) is 11.3. The molecule has 1 fully saturated rings. The van der Waals surface area contributed by atoms with E-state index >= 15 is 0 Å². The lowest BCUT2D eigenvalue weighted by Crippen LogP contribution is -2.58. The van der Waals surface area contributed by atoms with Crippen LogP contribution in [0.3, 0.4) is 0 Å². The van der Waals surface area contributed by atoms with Gasteiger partial charge in [-0.1, -0.05) is 43.2 Å². The number of hydrogen-bond donors (Lipinski definition) is 6. The van der Waals surface area contributed by atoms with Crippen molar-refractivity contribution in [3.05, 3.63) is 35.9 Å². The average molecular weight is 445 g/mol. The van der Waals surface area contributed by atoms with E-state index in [2.05, 4.69) is 15.6 Å². The fourth-order valence-corrected chi connectivity index (χ4v) is 4.23. The van der Waals surface area contributed by atoms with Gasteiger partial charge in [0.25, 0.3) is 0 Å². The second-order valence-corrected chi connectivity index (χ2v) is 9.23. The molecule has 1 aromatic rings. The molecule has 0 aliphatic heterocycles. The number of benzene rings is 1. The summed E-state index contributed by atoms with van der Waals surface area (Å²) in [5.41, 5.74) is 9.91. The lowest BCUT2D eigenvalue weighted by atomic mass is 9.75. The van der Waals surface area contributed by atoms with Gasteiger partial charge < -0.3 is 32.1 Å². The number of nitrogens with one attached hydrogen (secondary N) is 2. The number of hydrogen-bond acceptors (Lipinski definition) is 5. The molecule has 0 spiro atoms. The highest BCUT2D eigenvalue weighted by Gasteiger charge is 2.49. The van der Waals surface area contributed by atoms with Gasteiger partial charge in [-0.25, -0.2) is 0 Å². The minimum absolute atomic E-state index is 0.0465. The zero-order valence-electron chi connectivity index (χ0n) is 19.0. The van der Waals surface area contributed by atoms with E-state index in [1.807, 2.05) is 44.2 Å². The van der Waals surface area contributed by atoms with Crippen molar-refractivity contribution in [2.24, 2.45) is 21.9 Å². The van der Waals surface area contributed by atoms with Crippen LogP contribution in [0.1, 0.15) is 57.9 Å². The van der Waals surface area contributed by atoms with Crippen LogP contribution in [0.5, 0.6) is 0 Å². The van der Waals surface area contributed by atoms with Crippen LogP contribution < -0.4 is 22.1 Å². The summed E-state index contributed by atoms with van der Waals surface area (Å²) in [5, 5.41) is 25.2. The summed E-state index contributed by atoms with van der Waals surface area (Å²) in [4.78, 5) is 30.5. The molecule has 2 rings (SSSR count). The minimum atomic E-state index is -1.76. The molecule has 0 bridgehead atoms. The number of nitrogens with zero attached hydrogens (tertiary/aromatic N) is 1. The van der Waals surface area contributed by atoms with Gasteiger partial charge >= 0.3 is 7.12 Å². The highest BCUT2D eigenvalue weighted by atomic mass is 16.4. The van der Waals surface area contributed by atoms with Crippen LogP contribution in [-0.2, 0) is 16.0 Å². The lowest BCUT2D eigenvalue weighted by molar-refractivity contribution is -0.144. The number of rotatable bonds is 11. The Morgan fingerprint density at radius 3 is 2.34 bits per heavy atom. The van der Waals surface area contributed by atoms with E-state index in [1.54, 1.807) is 0 Å². The molecular formula is C22H36BN5O4. The first-order valence-electron chi connectivity index (χ1n) is 11.1. The van der Waals surface area contributed by atoms with Gasteiger partial charge in [0.05, 0.1) is 5.94 Å². The molecule has 176 valence electrons. The van der Waals surface area contributed by atoms with Crippen LogP contribution in [0.2, 0.25) is 0 Å². The monoisotopic (exact) mass is 445 g/mol. The molecule has 1 aliphatic carbocycles. The second-order valence-electron chi connectivity index (χ2n) is 9.23. The topological polar surface area (TPSA) is 163 Å². The maximum atomic E-state index is 13.4. The third-order valence-corrected chi connectivity index (χ3v) is 5.91. The zero-order valence-corrected chi connectivity index (χ0v) is 19.0. The third kappa shape index (κ3) is 7.24. The van der Waals surface area contributed by atoms with Crippen molar-refractivity contribution in [3.63, 3.8) is 0 Å². The van der Waals surface area contributed by atoms with E-state index in [0.717, 1.165) is 18.4 Å². The number of amides is 2. The largest absolute Gasteiger partial charge is 0.475 e. The van der Waals surface area contributed by atoms with E-state index in [4.69, 9.17) is 11.5 Å². The minimum Gasteiger partial charge on any atom is -0.426 e. The van der Waals surface area contributed by atoms with Gasteiger partial charge in [0.15, 0.2) is 5.96 Å². The zero-order chi connectivity index (χ0) is 23.8. The van der Waals surface area contributed by atoms with E-state index in [0.29, 0.717) is 32.2 Å². The molecular weight excluding hydrogens is 409 g/mol. The molecule has 1 atom stereocenters. The molecule has 0 saturated heterocycles. The van der Waals surface area contributed by atoms with Crippen molar-refractivity contribution in [2.45, 2.75) is 70.3 Å². The predicted octanol–water partition coefficient (Wildman–Crippen LogP) is 0.235. The molecule has 1 aliphatic rings. The van der Waals surface area contributed by atoms with Crippen molar-refractivity contribution in [2.75, 3.05) is 6.54 Å². The Bertz CT molecular complexity index is 791. The van der Waals surface area contributed by atoms with Crippen LogP contribution in [0.15, 0.2) is 35.3 Å². The van der Waals surface area contributed by atoms with Crippen molar-refractivity contribution in [1.82, 2.24) is 10.6 Å². The average Bonchev–Trinajstić information content (AvgIpc) is 3.21. The van der Waals surface area contributed by atoms with Gasteiger partial charge in [-0.2, -0.15) is 0 Å². The number of aliphatic imine (C=N–C) groups is 1. The quantitative estimate of drug-likeness (QED) is 0.0939. The normalized spacial score (nSPS) is 16.1. The summed E-state index contributed by atoms with van der Waals surface area (Å²) in [6, 6.07) is 9.85. The molecule has 8 N–H and O–H groups in total. The number of carbonyl (C=O) groups excluding carboxylic acids is 2. The van der Waals surface area contributed by atoms with Crippen molar-refractivity contribution < 1.29 is 19.6 Å².